The minimum absolute atomic E-state index is 0.144. The number of nitrogens with zero attached hydrogens (tertiary/aromatic N) is 1. The van der Waals surface area contributed by atoms with Gasteiger partial charge >= 0.3 is 0 Å². The lowest BCUT2D eigenvalue weighted by Gasteiger charge is -2.33. The molecule has 36 heavy (non-hydrogen) atoms. The molecule has 2 aromatic carbocycles. The number of carbonyl (C=O) groups is 3. The van der Waals surface area contributed by atoms with Crippen molar-refractivity contribution < 1.29 is 24.2 Å². The summed E-state index contributed by atoms with van der Waals surface area (Å²) in [5.41, 5.74) is -1.13. The van der Waals surface area contributed by atoms with E-state index in [1.165, 1.54) is 0 Å². The summed E-state index contributed by atoms with van der Waals surface area (Å²) in [5, 5.41) is 16.9. The quantitative estimate of drug-likeness (QED) is 0.466. The second-order valence-corrected chi connectivity index (χ2v) is 10.6. The molecule has 8 nitrogen and oxygen atoms in total. The molecule has 0 aliphatic carbocycles. The standard InChI is InChI=1S/C28H35N3O5/c1-27-13-14-28(36-27)22(21(27)24(33)29-2)26(35)31(15-7-3-4-8-16-32)23(28)25(34)30-20-12-11-18-9-5-6-10-19(18)17-20/h5-6,9-12,17,21-23,32H,3-4,7-8,13-16H2,1-2H3,(H,29,33)(H,30,34)/t21-,22-,23?,27+,28?/m0/s1. The first-order chi connectivity index (χ1) is 17.3. The van der Waals surface area contributed by atoms with Crippen LogP contribution in [0.15, 0.2) is 42.5 Å². The van der Waals surface area contributed by atoms with Gasteiger partial charge in [0.2, 0.25) is 17.7 Å². The van der Waals surface area contributed by atoms with E-state index in [1.54, 1.807) is 11.9 Å². The highest BCUT2D eigenvalue weighted by atomic mass is 16.5. The second-order valence-electron chi connectivity index (χ2n) is 10.6. The molecule has 1 spiro atoms. The number of ether oxygens (including phenoxy) is 1. The second kappa shape index (κ2) is 9.48. The number of hydrogen-bond donors (Lipinski definition) is 3. The fourth-order valence-electron chi connectivity index (χ4n) is 6.75. The molecule has 2 aromatic rings. The largest absolute Gasteiger partial charge is 0.396 e. The molecule has 3 amide bonds. The number of anilines is 1. The van der Waals surface area contributed by atoms with Crippen LogP contribution in [0, 0.1) is 11.8 Å². The van der Waals surface area contributed by atoms with Crippen LogP contribution in [-0.2, 0) is 19.1 Å². The van der Waals surface area contributed by atoms with Gasteiger partial charge in [-0.3, -0.25) is 14.4 Å². The van der Waals surface area contributed by atoms with Gasteiger partial charge in [0.05, 0.1) is 17.4 Å². The number of unbranched alkanes of at least 4 members (excludes halogenated alkanes) is 3. The van der Waals surface area contributed by atoms with Crippen LogP contribution < -0.4 is 10.6 Å². The molecule has 8 heteroatoms. The average molecular weight is 494 g/mol. The van der Waals surface area contributed by atoms with Crippen molar-refractivity contribution in [3.8, 4) is 0 Å². The Hall–Kier alpha value is -2.97. The lowest BCUT2D eigenvalue weighted by molar-refractivity contribution is -0.144. The zero-order valence-corrected chi connectivity index (χ0v) is 21.0. The number of fused-ring (bicyclic) bond motifs is 2. The van der Waals surface area contributed by atoms with E-state index >= 15 is 0 Å². The van der Waals surface area contributed by atoms with Gasteiger partial charge in [-0.2, -0.15) is 0 Å². The number of benzene rings is 2. The normalized spacial score (nSPS) is 30.6. The van der Waals surface area contributed by atoms with Gasteiger partial charge in [0.1, 0.15) is 11.6 Å². The molecule has 5 rings (SSSR count). The van der Waals surface area contributed by atoms with Crippen LogP contribution in [0.3, 0.4) is 0 Å². The van der Waals surface area contributed by atoms with E-state index in [-0.39, 0.29) is 24.3 Å². The molecule has 3 fully saturated rings. The van der Waals surface area contributed by atoms with Crippen LogP contribution in [0.1, 0.15) is 45.4 Å². The number of aliphatic hydroxyl groups excluding tert-OH is 1. The molecule has 0 radical (unpaired) electrons. The van der Waals surface area contributed by atoms with Crippen LogP contribution >= 0.6 is 0 Å². The van der Waals surface area contributed by atoms with Crippen molar-refractivity contribution in [1.82, 2.24) is 10.2 Å². The lowest BCUT2D eigenvalue weighted by Crippen LogP contribution is -2.53. The number of carbonyl (C=O) groups excluding carboxylic acids is 3. The summed E-state index contributed by atoms with van der Waals surface area (Å²) in [4.78, 5) is 42.3. The first kappa shape index (κ1) is 24.7. The maximum atomic E-state index is 13.9. The molecule has 0 aromatic heterocycles. The number of nitrogens with one attached hydrogen (secondary N) is 2. The van der Waals surface area contributed by atoms with Crippen molar-refractivity contribution in [2.24, 2.45) is 11.8 Å². The molecule has 5 atom stereocenters. The first-order valence-corrected chi connectivity index (χ1v) is 13.0. The van der Waals surface area contributed by atoms with E-state index < -0.39 is 29.1 Å². The highest BCUT2D eigenvalue weighted by Gasteiger charge is 2.77. The third-order valence-corrected chi connectivity index (χ3v) is 8.38. The van der Waals surface area contributed by atoms with E-state index in [4.69, 9.17) is 9.84 Å². The molecule has 3 saturated heterocycles. The summed E-state index contributed by atoms with van der Waals surface area (Å²) >= 11 is 0. The maximum Gasteiger partial charge on any atom is 0.250 e. The van der Waals surface area contributed by atoms with E-state index in [0.717, 1.165) is 30.0 Å². The minimum Gasteiger partial charge on any atom is -0.396 e. The van der Waals surface area contributed by atoms with Crippen molar-refractivity contribution in [3.63, 3.8) is 0 Å². The van der Waals surface area contributed by atoms with Crippen LogP contribution in [0.4, 0.5) is 5.69 Å². The first-order valence-electron chi connectivity index (χ1n) is 13.0. The van der Waals surface area contributed by atoms with Gasteiger partial charge in [0.25, 0.3) is 0 Å². The minimum atomic E-state index is -1.02. The Morgan fingerprint density at radius 1 is 1.06 bits per heavy atom. The zero-order chi connectivity index (χ0) is 25.5. The van der Waals surface area contributed by atoms with Gasteiger partial charge in [0, 0.05) is 25.9 Å². The predicted molar refractivity (Wildman–Crippen MR) is 136 cm³/mol. The number of likely N-dealkylation sites (tertiary alicyclic amines) is 1. The number of hydrogen-bond acceptors (Lipinski definition) is 5. The fraction of sp³-hybridized carbons (Fsp3) is 0.536. The molecule has 2 unspecified atom stereocenters. The third kappa shape index (κ3) is 3.87. The summed E-state index contributed by atoms with van der Waals surface area (Å²) in [6, 6.07) is 12.9. The summed E-state index contributed by atoms with van der Waals surface area (Å²) in [5.74, 6) is -1.97. The SMILES string of the molecule is CNC(=O)[C@@H]1[C@H]2C(=O)N(CCCCCCO)C(C(=O)Nc3ccc4ccccc4c3)C23CC[C@@]1(C)O3. The monoisotopic (exact) mass is 493 g/mol. The van der Waals surface area contributed by atoms with E-state index in [1.807, 2.05) is 49.4 Å². The van der Waals surface area contributed by atoms with Gasteiger partial charge in [-0.1, -0.05) is 43.2 Å². The van der Waals surface area contributed by atoms with Gasteiger partial charge in [-0.25, -0.2) is 0 Å². The topological polar surface area (TPSA) is 108 Å². The van der Waals surface area contributed by atoms with Crippen LogP contribution in [0.25, 0.3) is 10.8 Å². The highest BCUT2D eigenvalue weighted by molar-refractivity contribution is 6.04. The fourth-order valence-corrected chi connectivity index (χ4v) is 6.75. The maximum absolute atomic E-state index is 13.9. The van der Waals surface area contributed by atoms with Crippen molar-refractivity contribution in [1.29, 1.82) is 0 Å². The van der Waals surface area contributed by atoms with Crippen molar-refractivity contribution >= 4 is 34.2 Å². The van der Waals surface area contributed by atoms with Crippen molar-refractivity contribution in [2.75, 3.05) is 25.5 Å². The molecule has 2 bridgehead atoms. The van der Waals surface area contributed by atoms with Gasteiger partial charge in [0.15, 0.2) is 0 Å². The molecule has 3 aliphatic rings. The Morgan fingerprint density at radius 3 is 2.56 bits per heavy atom. The number of rotatable bonds is 9. The Labute approximate surface area is 211 Å². The van der Waals surface area contributed by atoms with Crippen molar-refractivity contribution in [3.05, 3.63) is 42.5 Å². The van der Waals surface area contributed by atoms with Gasteiger partial charge in [-0.15, -0.1) is 0 Å². The summed E-state index contributed by atoms with van der Waals surface area (Å²) in [7, 11) is 1.58. The number of aliphatic hydroxyl groups is 1. The Balaban J connectivity index is 1.46. The zero-order valence-electron chi connectivity index (χ0n) is 21.0. The Morgan fingerprint density at radius 2 is 1.81 bits per heavy atom. The highest BCUT2D eigenvalue weighted by Crippen LogP contribution is 2.63. The molecule has 3 aliphatic heterocycles. The third-order valence-electron chi connectivity index (χ3n) is 8.38. The Kier molecular flexibility index (Phi) is 6.51. The summed E-state index contributed by atoms with van der Waals surface area (Å²) in [6.45, 7) is 2.45. The average Bonchev–Trinajstić information content (AvgIpc) is 3.44. The molecule has 3 N–H and O–H groups in total. The summed E-state index contributed by atoms with van der Waals surface area (Å²) < 4.78 is 6.58. The molecule has 3 heterocycles. The molecule has 192 valence electrons. The molecular weight excluding hydrogens is 458 g/mol. The van der Waals surface area contributed by atoms with Gasteiger partial charge < -0.3 is 25.4 Å². The summed E-state index contributed by atoms with van der Waals surface area (Å²) in [6.07, 6.45) is 4.32. The van der Waals surface area contributed by atoms with E-state index in [0.29, 0.717) is 31.5 Å². The predicted octanol–water partition coefficient (Wildman–Crippen LogP) is 2.84. The van der Waals surface area contributed by atoms with Crippen LogP contribution in [-0.4, -0.2) is 65.2 Å². The van der Waals surface area contributed by atoms with Crippen LogP contribution in [0.2, 0.25) is 0 Å². The number of amides is 3. The van der Waals surface area contributed by atoms with Crippen LogP contribution in [0.5, 0.6) is 0 Å². The lowest BCUT2D eigenvalue weighted by atomic mass is 9.66. The molecule has 0 saturated carbocycles. The van der Waals surface area contributed by atoms with E-state index in [9.17, 15) is 14.4 Å². The van der Waals surface area contributed by atoms with Gasteiger partial charge in [-0.05, 0) is 55.5 Å². The van der Waals surface area contributed by atoms with E-state index in [2.05, 4.69) is 10.6 Å². The van der Waals surface area contributed by atoms with Crippen molar-refractivity contribution in [2.45, 2.75) is 62.7 Å². The smallest absolute Gasteiger partial charge is 0.250 e. The molecular formula is C28H35N3O5. The Bertz CT molecular complexity index is 1180.